The second kappa shape index (κ2) is 7.71. The van der Waals surface area contributed by atoms with Crippen molar-refractivity contribution < 1.29 is 18.7 Å². The predicted octanol–water partition coefficient (Wildman–Crippen LogP) is 1.77. The molecule has 7 nitrogen and oxygen atoms in total. The van der Waals surface area contributed by atoms with Crippen molar-refractivity contribution in [2.75, 3.05) is 32.1 Å². The number of hydrogen-bond acceptors (Lipinski definition) is 6. The van der Waals surface area contributed by atoms with Gasteiger partial charge in [-0.2, -0.15) is 0 Å². The monoisotopic (exact) mass is 323 g/mol. The van der Waals surface area contributed by atoms with E-state index in [2.05, 4.69) is 10.3 Å². The van der Waals surface area contributed by atoms with Crippen molar-refractivity contribution in [2.24, 2.45) is 0 Å². The number of nitrogens with one attached hydrogen (secondary N) is 1. The normalized spacial score (nSPS) is 10.5. The summed E-state index contributed by atoms with van der Waals surface area (Å²) in [6, 6.07) is 3.18. The fourth-order valence-corrected chi connectivity index (χ4v) is 2.44. The van der Waals surface area contributed by atoms with Crippen LogP contribution in [0.15, 0.2) is 29.0 Å². The van der Waals surface area contributed by atoms with Gasteiger partial charge < -0.3 is 19.4 Å². The Morgan fingerprint density at radius 2 is 2.32 bits per heavy atom. The Bertz CT molecular complexity index is 624. The third-order valence-corrected chi connectivity index (χ3v) is 3.61. The van der Waals surface area contributed by atoms with Crippen molar-refractivity contribution in [3.05, 3.63) is 35.2 Å². The summed E-state index contributed by atoms with van der Waals surface area (Å²) in [7, 11) is 1.54. The van der Waals surface area contributed by atoms with Crippen LogP contribution in [-0.2, 0) is 9.53 Å². The Balaban J connectivity index is 1.99. The Morgan fingerprint density at radius 3 is 2.91 bits per heavy atom. The lowest BCUT2D eigenvalue weighted by Gasteiger charge is -2.20. The highest BCUT2D eigenvalue weighted by Gasteiger charge is 2.21. The van der Waals surface area contributed by atoms with Gasteiger partial charge in [0.15, 0.2) is 10.9 Å². The van der Waals surface area contributed by atoms with E-state index in [0.29, 0.717) is 18.3 Å². The fraction of sp³-hybridized carbons (Fsp3) is 0.357. The van der Waals surface area contributed by atoms with Gasteiger partial charge in [-0.1, -0.05) is 0 Å². The van der Waals surface area contributed by atoms with E-state index in [1.54, 1.807) is 18.3 Å². The summed E-state index contributed by atoms with van der Waals surface area (Å²) in [5.41, 5.74) is 0. The maximum absolute atomic E-state index is 12.3. The van der Waals surface area contributed by atoms with Crippen molar-refractivity contribution in [1.29, 1.82) is 0 Å². The van der Waals surface area contributed by atoms with Crippen molar-refractivity contribution in [1.82, 2.24) is 9.88 Å². The molecule has 0 spiro atoms. The Morgan fingerprint density at radius 1 is 1.50 bits per heavy atom. The molecule has 0 saturated heterocycles. The van der Waals surface area contributed by atoms with Gasteiger partial charge in [0.05, 0.1) is 12.9 Å². The van der Waals surface area contributed by atoms with Gasteiger partial charge in [0.1, 0.15) is 6.54 Å². The largest absolute Gasteiger partial charge is 0.459 e. The van der Waals surface area contributed by atoms with E-state index in [9.17, 15) is 9.59 Å². The SMILES string of the molecule is COCCN(CC(=O)Nc1ncc(C)s1)C(=O)c1ccco1. The standard InChI is InChI=1S/C14H17N3O4S/c1-10-8-15-14(22-10)16-12(18)9-17(5-7-20-2)13(19)11-4-3-6-21-11/h3-4,6,8H,5,7,9H2,1-2H3,(H,15,16,18). The molecule has 0 radical (unpaired) electrons. The van der Waals surface area contributed by atoms with Crippen LogP contribution in [0.1, 0.15) is 15.4 Å². The lowest BCUT2D eigenvalue weighted by atomic mass is 10.3. The number of carbonyl (C=O) groups is 2. The molecule has 8 heteroatoms. The second-order valence-electron chi connectivity index (χ2n) is 4.52. The number of rotatable bonds is 7. The van der Waals surface area contributed by atoms with E-state index >= 15 is 0 Å². The summed E-state index contributed by atoms with van der Waals surface area (Å²) in [4.78, 5) is 30.8. The zero-order valence-electron chi connectivity index (χ0n) is 12.4. The van der Waals surface area contributed by atoms with Gasteiger partial charge in [0.25, 0.3) is 5.91 Å². The molecule has 0 bridgehead atoms. The molecule has 2 amide bonds. The van der Waals surface area contributed by atoms with Crippen LogP contribution in [-0.4, -0.2) is 48.5 Å². The molecule has 0 aromatic carbocycles. The van der Waals surface area contributed by atoms with Crippen LogP contribution in [0.2, 0.25) is 0 Å². The first-order valence-corrected chi connectivity index (χ1v) is 7.46. The number of ether oxygens (including phenoxy) is 1. The van der Waals surface area contributed by atoms with Crippen molar-refractivity contribution >= 4 is 28.3 Å². The Labute approximate surface area is 131 Å². The number of nitrogens with zero attached hydrogens (tertiary/aromatic N) is 2. The van der Waals surface area contributed by atoms with Crippen LogP contribution in [0.5, 0.6) is 0 Å². The van der Waals surface area contributed by atoms with E-state index in [1.807, 2.05) is 6.92 Å². The van der Waals surface area contributed by atoms with Gasteiger partial charge in [-0.25, -0.2) is 4.98 Å². The topological polar surface area (TPSA) is 84.7 Å². The maximum atomic E-state index is 12.3. The molecule has 2 aromatic rings. The number of furan rings is 1. The first-order valence-electron chi connectivity index (χ1n) is 6.64. The van der Waals surface area contributed by atoms with Gasteiger partial charge >= 0.3 is 0 Å². The molecule has 118 valence electrons. The minimum absolute atomic E-state index is 0.0957. The zero-order valence-corrected chi connectivity index (χ0v) is 13.2. The van der Waals surface area contributed by atoms with Gasteiger partial charge in [0.2, 0.25) is 5.91 Å². The number of thiazole rings is 1. The average molecular weight is 323 g/mol. The highest BCUT2D eigenvalue weighted by atomic mass is 32.1. The molecule has 0 aliphatic carbocycles. The molecule has 1 N–H and O–H groups in total. The number of amides is 2. The van der Waals surface area contributed by atoms with Crippen LogP contribution in [0.25, 0.3) is 0 Å². The third-order valence-electron chi connectivity index (χ3n) is 2.79. The van der Waals surface area contributed by atoms with Crippen molar-refractivity contribution in [3.63, 3.8) is 0 Å². The number of methoxy groups -OCH3 is 1. The first kappa shape index (κ1) is 16.2. The minimum atomic E-state index is -0.354. The van der Waals surface area contributed by atoms with Crippen LogP contribution >= 0.6 is 11.3 Å². The van der Waals surface area contributed by atoms with Gasteiger partial charge in [-0.05, 0) is 19.1 Å². The van der Waals surface area contributed by atoms with E-state index in [4.69, 9.17) is 9.15 Å². The molecule has 0 saturated carbocycles. The predicted molar refractivity (Wildman–Crippen MR) is 82.0 cm³/mol. The fourth-order valence-electron chi connectivity index (χ4n) is 1.75. The highest BCUT2D eigenvalue weighted by molar-refractivity contribution is 7.15. The summed E-state index contributed by atoms with van der Waals surface area (Å²) >= 11 is 1.38. The van der Waals surface area contributed by atoms with E-state index < -0.39 is 0 Å². The lowest BCUT2D eigenvalue weighted by Crippen LogP contribution is -2.39. The molecule has 0 aliphatic heterocycles. The molecule has 2 rings (SSSR count). The lowest BCUT2D eigenvalue weighted by molar-refractivity contribution is -0.117. The summed E-state index contributed by atoms with van der Waals surface area (Å²) < 4.78 is 10.1. The summed E-state index contributed by atoms with van der Waals surface area (Å²) in [6.07, 6.45) is 3.09. The average Bonchev–Trinajstić information content (AvgIpc) is 3.14. The van der Waals surface area contributed by atoms with Crippen molar-refractivity contribution in [2.45, 2.75) is 6.92 Å². The first-order chi connectivity index (χ1) is 10.6. The Hall–Kier alpha value is -2.19. The van der Waals surface area contributed by atoms with Crippen LogP contribution in [0, 0.1) is 6.92 Å². The molecule has 0 aliphatic rings. The molecule has 0 fully saturated rings. The number of hydrogen-bond donors (Lipinski definition) is 1. The number of carbonyl (C=O) groups excluding carboxylic acids is 2. The summed E-state index contributed by atoms with van der Waals surface area (Å²) in [5.74, 6) is -0.480. The number of aryl methyl sites for hydroxylation is 1. The van der Waals surface area contributed by atoms with Crippen molar-refractivity contribution in [3.8, 4) is 0 Å². The molecular weight excluding hydrogens is 306 g/mol. The molecule has 2 heterocycles. The number of anilines is 1. The van der Waals surface area contributed by atoms with Crippen LogP contribution in [0.3, 0.4) is 0 Å². The van der Waals surface area contributed by atoms with Crippen LogP contribution < -0.4 is 5.32 Å². The van der Waals surface area contributed by atoms with E-state index in [1.165, 1.54) is 29.6 Å². The minimum Gasteiger partial charge on any atom is -0.459 e. The van der Waals surface area contributed by atoms with Gasteiger partial charge in [-0.15, -0.1) is 11.3 Å². The maximum Gasteiger partial charge on any atom is 0.290 e. The third kappa shape index (κ3) is 4.40. The quantitative estimate of drug-likeness (QED) is 0.839. The second-order valence-corrected chi connectivity index (χ2v) is 5.76. The number of aromatic nitrogens is 1. The van der Waals surface area contributed by atoms with Gasteiger partial charge in [0, 0.05) is 24.7 Å². The molecule has 0 atom stereocenters. The van der Waals surface area contributed by atoms with E-state index in [0.717, 1.165) is 4.88 Å². The summed E-state index contributed by atoms with van der Waals surface area (Å²) in [6.45, 7) is 2.43. The van der Waals surface area contributed by atoms with Gasteiger partial charge in [-0.3, -0.25) is 9.59 Å². The Kier molecular flexibility index (Phi) is 5.68. The zero-order chi connectivity index (χ0) is 15.9. The molecule has 0 unspecified atom stereocenters. The van der Waals surface area contributed by atoms with Crippen LogP contribution in [0.4, 0.5) is 5.13 Å². The highest BCUT2D eigenvalue weighted by Crippen LogP contribution is 2.16. The summed E-state index contributed by atoms with van der Waals surface area (Å²) in [5, 5.41) is 3.19. The molecular formula is C14H17N3O4S. The smallest absolute Gasteiger partial charge is 0.290 e. The molecule has 22 heavy (non-hydrogen) atoms. The molecule has 2 aromatic heterocycles. The van der Waals surface area contributed by atoms with E-state index in [-0.39, 0.29) is 24.1 Å².